The number of nitrogens with one attached hydrogen (secondary N) is 3. The maximum absolute atomic E-state index is 11.8. The average molecular weight is 356 g/mol. The number of hydrogen-bond acceptors (Lipinski definition) is 3. The van der Waals surface area contributed by atoms with Crippen LogP contribution in [0.5, 0.6) is 0 Å². The van der Waals surface area contributed by atoms with Gasteiger partial charge in [0.05, 0.1) is 6.54 Å². The molecule has 0 fully saturated rings. The van der Waals surface area contributed by atoms with E-state index >= 15 is 0 Å². The molecule has 0 saturated carbocycles. The Morgan fingerprint density at radius 2 is 1.67 bits per heavy atom. The molecule has 1 aromatic rings. The van der Waals surface area contributed by atoms with Gasteiger partial charge in [0.1, 0.15) is 0 Å². The highest BCUT2D eigenvalue weighted by Crippen LogP contribution is 2.10. The fourth-order valence-corrected chi connectivity index (χ4v) is 1.78. The lowest BCUT2D eigenvalue weighted by atomic mass is 10.2. The molecule has 0 unspecified atom stereocenters. The number of benzene rings is 1. The van der Waals surface area contributed by atoms with Crippen LogP contribution in [0.25, 0.3) is 0 Å². The summed E-state index contributed by atoms with van der Waals surface area (Å²) in [6, 6.07) is 6.92. The lowest BCUT2D eigenvalue weighted by Crippen LogP contribution is -2.38. The van der Waals surface area contributed by atoms with Gasteiger partial charge in [0.2, 0.25) is 11.8 Å². The molecule has 0 radical (unpaired) electrons. The van der Waals surface area contributed by atoms with E-state index in [0.29, 0.717) is 12.1 Å². The molecule has 0 aliphatic carbocycles. The Hall–Kier alpha value is -1.89. The van der Waals surface area contributed by atoms with Crippen LogP contribution in [0.15, 0.2) is 28.7 Å². The molecule has 7 heteroatoms. The highest BCUT2D eigenvalue weighted by Gasteiger charge is 2.07. The van der Waals surface area contributed by atoms with E-state index < -0.39 is 0 Å². The van der Waals surface area contributed by atoms with Crippen LogP contribution < -0.4 is 16.0 Å². The smallest absolute Gasteiger partial charge is 0.251 e. The second kappa shape index (κ2) is 9.12. The number of amides is 3. The molecule has 0 aromatic heterocycles. The van der Waals surface area contributed by atoms with Crippen molar-refractivity contribution in [3.05, 3.63) is 34.3 Å². The van der Waals surface area contributed by atoms with Crippen LogP contribution in [0, 0.1) is 0 Å². The summed E-state index contributed by atoms with van der Waals surface area (Å²) in [6.45, 7) is 2.50. The van der Waals surface area contributed by atoms with E-state index in [1.165, 1.54) is 0 Å². The van der Waals surface area contributed by atoms with Crippen molar-refractivity contribution in [1.29, 1.82) is 0 Å². The third kappa shape index (κ3) is 6.89. The highest BCUT2D eigenvalue weighted by atomic mass is 79.9. The predicted octanol–water partition coefficient (Wildman–Crippen LogP) is 0.821. The number of carbonyl (C=O) groups excluding carboxylic acids is 3. The fraction of sp³-hybridized carbons (Fsp3) is 0.357. The van der Waals surface area contributed by atoms with E-state index in [-0.39, 0.29) is 37.2 Å². The van der Waals surface area contributed by atoms with Gasteiger partial charge < -0.3 is 16.0 Å². The van der Waals surface area contributed by atoms with Crippen molar-refractivity contribution in [3.63, 3.8) is 0 Å². The molecule has 0 bridgehead atoms. The van der Waals surface area contributed by atoms with Crippen LogP contribution in [-0.2, 0) is 9.59 Å². The molecule has 0 aliphatic heterocycles. The summed E-state index contributed by atoms with van der Waals surface area (Å²) in [7, 11) is 0. The Labute approximate surface area is 131 Å². The van der Waals surface area contributed by atoms with E-state index in [1.54, 1.807) is 31.2 Å². The van der Waals surface area contributed by atoms with E-state index in [0.717, 1.165) is 4.47 Å². The first kappa shape index (κ1) is 17.2. The van der Waals surface area contributed by atoms with Gasteiger partial charge in [-0.2, -0.15) is 0 Å². The Bertz CT molecular complexity index is 503. The topological polar surface area (TPSA) is 87.3 Å². The zero-order chi connectivity index (χ0) is 15.7. The molecule has 0 saturated heterocycles. The second-order valence-corrected chi connectivity index (χ2v) is 5.16. The van der Waals surface area contributed by atoms with Crippen molar-refractivity contribution in [2.24, 2.45) is 0 Å². The van der Waals surface area contributed by atoms with Crippen molar-refractivity contribution in [3.8, 4) is 0 Å². The number of rotatable bonds is 7. The van der Waals surface area contributed by atoms with Crippen molar-refractivity contribution in [2.45, 2.75) is 13.3 Å². The van der Waals surface area contributed by atoms with Crippen molar-refractivity contribution in [1.82, 2.24) is 16.0 Å². The molecule has 6 nitrogen and oxygen atoms in total. The zero-order valence-corrected chi connectivity index (χ0v) is 13.3. The first-order valence-corrected chi connectivity index (χ1v) is 7.39. The summed E-state index contributed by atoms with van der Waals surface area (Å²) in [5.74, 6) is -0.749. The monoisotopic (exact) mass is 355 g/mol. The van der Waals surface area contributed by atoms with Crippen LogP contribution in [0.2, 0.25) is 0 Å². The minimum absolute atomic E-state index is 0.0483. The van der Waals surface area contributed by atoms with Crippen LogP contribution in [0.1, 0.15) is 23.7 Å². The van der Waals surface area contributed by atoms with E-state index in [9.17, 15) is 14.4 Å². The van der Waals surface area contributed by atoms with Gasteiger partial charge in [0.15, 0.2) is 0 Å². The molecule has 0 aliphatic rings. The maximum atomic E-state index is 11.8. The number of hydrogen-bond donors (Lipinski definition) is 3. The van der Waals surface area contributed by atoms with E-state index in [1.807, 2.05) is 0 Å². The molecule has 0 atom stereocenters. The van der Waals surface area contributed by atoms with Crippen LogP contribution in [-0.4, -0.2) is 37.4 Å². The van der Waals surface area contributed by atoms with Crippen molar-refractivity contribution >= 4 is 33.7 Å². The summed E-state index contributed by atoms with van der Waals surface area (Å²) < 4.78 is 0.892. The average Bonchev–Trinajstić information content (AvgIpc) is 2.46. The number of likely N-dealkylation sites (N-methyl/N-ethyl adjacent to an activating group) is 1. The lowest BCUT2D eigenvalue weighted by Gasteiger charge is -2.07. The summed E-state index contributed by atoms with van der Waals surface area (Å²) >= 11 is 3.29. The maximum Gasteiger partial charge on any atom is 0.251 e. The zero-order valence-electron chi connectivity index (χ0n) is 11.7. The Kier molecular flexibility index (Phi) is 7.45. The van der Waals surface area contributed by atoms with Gasteiger partial charge in [-0.3, -0.25) is 14.4 Å². The largest absolute Gasteiger partial charge is 0.355 e. The minimum Gasteiger partial charge on any atom is -0.355 e. The van der Waals surface area contributed by atoms with Gasteiger partial charge in [0.25, 0.3) is 5.91 Å². The Morgan fingerprint density at radius 1 is 1.00 bits per heavy atom. The van der Waals surface area contributed by atoms with Gasteiger partial charge in [0, 0.05) is 29.5 Å². The standard InChI is InChI=1S/C14H18BrN3O3/c1-2-16-13(20)9-18-12(19)7-8-17-14(21)10-3-5-11(15)6-4-10/h3-6H,2,7-9H2,1H3,(H,16,20)(H,17,21)(H,18,19). The van der Waals surface area contributed by atoms with Crippen LogP contribution >= 0.6 is 15.9 Å². The van der Waals surface area contributed by atoms with Gasteiger partial charge in [-0.15, -0.1) is 0 Å². The van der Waals surface area contributed by atoms with Gasteiger partial charge >= 0.3 is 0 Å². The molecule has 0 heterocycles. The predicted molar refractivity (Wildman–Crippen MR) is 82.8 cm³/mol. The molecule has 3 N–H and O–H groups in total. The summed E-state index contributed by atoms with van der Waals surface area (Å²) in [5, 5.41) is 7.70. The molecule has 1 aromatic carbocycles. The normalized spacial score (nSPS) is 9.81. The Balaban J connectivity index is 2.23. The molecule has 21 heavy (non-hydrogen) atoms. The fourth-order valence-electron chi connectivity index (χ4n) is 1.52. The summed E-state index contributed by atoms with van der Waals surface area (Å²) in [6.07, 6.45) is 0.127. The number of halogens is 1. The van der Waals surface area contributed by atoms with Gasteiger partial charge in [-0.05, 0) is 31.2 Å². The number of carbonyl (C=O) groups is 3. The summed E-state index contributed by atoms with van der Waals surface area (Å²) in [4.78, 5) is 34.4. The van der Waals surface area contributed by atoms with E-state index in [4.69, 9.17) is 0 Å². The highest BCUT2D eigenvalue weighted by molar-refractivity contribution is 9.10. The summed E-state index contributed by atoms with van der Waals surface area (Å²) in [5.41, 5.74) is 0.529. The van der Waals surface area contributed by atoms with Crippen molar-refractivity contribution in [2.75, 3.05) is 19.6 Å². The SMILES string of the molecule is CCNC(=O)CNC(=O)CCNC(=O)c1ccc(Br)cc1. The Morgan fingerprint density at radius 3 is 2.29 bits per heavy atom. The third-order valence-electron chi connectivity index (χ3n) is 2.56. The molecule has 0 spiro atoms. The minimum atomic E-state index is -0.280. The van der Waals surface area contributed by atoms with Gasteiger partial charge in [-0.25, -0.2) is 0 Å². The van der Waals surface area contributed by atoms with Crippen LogP contribution in [0.4, 0.5) is 0 Å². The quantitative estimate of drug-likeness (QED) is 0.676. The molecular weight excluding hydrogens is 338 g/mol. The van der Waals surface area contributed by atoms with E-state index in [2.05, 4.69) is 31.9 Å². The molecule has 3 amide bonds. The molecular formula is C14H18BrN3O3. The van der Waals surface area contributed by atoms with Crippen molar-refractivity contribution < 1.29 is 14.4 Å². The van der Waals surface area contributed by atoms with Gasteiger partial charge in [-0.1, -0.05) is 15.9 Å². The first-order chi connectivity index (χ1) is 10.0. The lowest BCUT2D eigenvalue weighted by molar-refractivity contribution is -0.126. The van der Waals surface area contributed by atoms with Crippen LogP contribution in [0.3, 0.4) is 0 Å². The first-order valence-electron chi connectivity index (χ1n) is 6.60. The molecule has 114 valence electrons. The second-order valence-electron chi connectivity index (χ2n) is 4.24. The third-order valence-corrected chi connectivity index (χ3v) is 3.09. The molecule has 1 rings (SSSR count).